The second-order valence-electron chi connectivity index (χ2n) is 3.70. The van der Waals surface area contributed by atoms with Crippen molar-refractivity contribution in [3.63, 3.8) is 0 Å². The van der Waals surface area contributed by atoms with E-state index in [1.807, 2.05) is 32.2 Å². The van der Waals surface area contributed by atoms with E-state index in [4.69, 9.17) is 0 Å². The first kappa shape index (κ1) is 11.0. The van der Waals surface area contributed by atoms with Crippen LogP contribution < -0.4 is 5.32 Å². The minimum Gasteiger partial charge on any atom is -0.390 e. The van der Waals surface area contributed by atoms with Crippen molar-refractivity contribution in [1.82, 2.24) is 14.7 Å². The number of rotatable bonds is 5. The Bertz CT molecular complexity index is 272. The number of aliphatic hydroxyl groups excluding tert-OH is 1. The molecule has 0 spiro atoms. The first-order valence-corrected chi connectivity index (χ1v) is 4.63. The molecule has 1 aromatic heterocycles. The third kappa shape index (κ3) is 3.76. The average molecular weight is 198 g/mol. The average Bonchev–Trinajstić information content (AvgIpc) is 2.47. The van der Waals surface area contributed by atoms with Gasteiger partial charge in [0, 0.05) is 26.3 Å². The van der Waals surface area contributed by atoms with Crippen molar-refractivity contribution in [2.45, 2.75) is 6.10 Å². The summed E-state index contributed by atoms with van der Waals surface area (Å²) in [5.41, 5.74) is 0.935. The van der Waals surface area contributed by atoms with E-state index < -0.39 is 0 Å². The second kappa shape index (κ2) is 4.97. The van der Waals surface area contributed by atoms with Crippen LogP contribution in [0, 0.1) is 0 Å². The molecule has 0 aliphatic carbocycles. The van der Waals surface area contributed by atoms with Gasteiger partial charge in [-0.15, -0.1) is 0 Å². The van der Waals surface area contributed by atoms with E-state index in [0.717, 1.165) is 5.69 Å². The molecule has 1 unspecified atom stereocenters. The summed E-state index contributed by atoms with van der Waals surface area (Å²) in [5.74, 6) is 0. The van der Waals surface area contributed by atoms with Gasteiger partial charge in [-0.05, 0) is 14.1 Å². The van der Waals surface area contributed by atoms with Crippen LogP contribution in [0.15, 0.2) is 12.4 Å². The van der Waals surface area contributed by atoms with Gasteiger partial charge in [0.25, 0.3) is 0 Å². The van der Waals surface area contributed by atoms with Crippen molar-refractivity contribution < 1.29 is 5.11 Å². The van der Waals surface area contributed by atoms with Gasteiger partial charge >= 0.3 is 0 Å². The van der Waals surface area contributed by atoms with Crippen molar-refractivity contribution in [3.8, 4) is 0 Å². The van der Waals surface area contributed by atoms with Crippen LogP contribution in [-0.4, -0.2) is 53.1 Å². The highest BCUT2D eigenvalue weighted by Gasteiger charge is 2.05. The SMILES string of the molecule is CN(C)CC(O)CNc1cnn(C)c1. The molecule has 1 atom stereocenters. The zero-order valence-electron chi connectivity index (χ0n) is 8.94. The molecule has 0 aromatic carbocycles. The molecule has 0 saturated carbocycles. The maximum atomic E-state index is 9.56. The van der Waals surface area contributed by atoms with E-state index in [1.54, 1.807) is 10.9 Å². The Balaban J connectivity index is 2.26. The van der Waals surface area contributed by atoms with E-state index in [2.05, 4.69) is 10.4 Å². The first-order valence-electron chi connectivity index (χ1n) is 4.63. The lowest BCUT2D eigenvalue weighted by molar-refractivity contribution is 0.148. The van der Waals surface area contributed by atoms with Crippen LogP contribution >= 0.6 is 0 Å². The maximum absolute atomic E-state index is 9.56. The first-order chi connectivity index (χ1) is 6.58. The summed E-state index contributed by atoms with van der Waals surface area (Å²) >= 11 is 0. The van der Waals surface area contributed by atoms with Crippen LogP contribution in [0.25, 0.3) is 0 Å². The van der Waals surface area contributed by atoms with Crippen molar-refractivity contribution in [3.05, 3.63) is 12.4 Å². The van der Waals surface area contributed by atoms with E-state index >= 15 is 0 Å². The van der Waals surface area contributed by atoms with Crippen LogP contribution in [0.5, 0.6) is 0 Å². The number of likely N-dealkylation sites (N-methyl/N-ethyl adjacent to an activating group) is 1. The Labute approximate surface area is 84.3 Å². The van der Waals surface area contributed by atoms with Crippen LogP contribution in [0.1, 0.15) is 0 Å². The van der Waals surface area contributed by atoms with Gasteiger partial charge in [0.15, 0.2) is 0 Å². The van der Waals surface area contributed by atoms with Crippen LogP contribution in [0.2, 0.25) is 0 Å². The van der Waals surface area contributed by atoms with Gasteiger partial charge in [0.2, 0.25) is 0 Å². The van der Waals surface area contributed by atoms with Gasteiger partial charge in [-0.25, -0.2) is 0 Å². The van der Waals surface area contributed by atoms with Crippen LogP contribution in [0.4, 0.5) is 5.69 Å². The molecule has 1 aromatic rings. The zero-order valence-corrected chi connectivity index (χ0v) is 8.94. The molecule has 0 saturated heterocycles. The largest absolute Gasteiger partial charge is 0.390 e. The number of aliphatic hydroxyl groups is 1. The Morgan fingerprint density at radius 1 is 1.64 bits per heavy atom. The third-order valence-electron chi connectivity index (χ3n) is 1.82. The van der Waals surface area contributed by atoms with E-state index in [0.29, 0.717) is 13.1 Å². The zero-order chi connectivity index (χ0) is 10.6. The maximum Gasteiger partial charge on any atom is 0.0838 e. The molecule has 0 aliphatic heterocycles. The Kier molecular flexibility index (Phi) is 3.91. The van der Waals surface area contributed by atoms with Gasteiger partial charge in [-0.2, -0.15) is 5.10 Å². The van der Waals surface area contributed by atoms with Crippen molar-refractivity contribution in [2.24, 2.45) is 7.05 Å². The lowest BCUT2D eigenvalue weighted by Gasteiger charge is -2.16. The fraction of sp³-hybridized carbons (Fsp3) is 0.667. The van der Waals surface area contributed by atoms with Gasteiger partial charge in [0.1, 0.15) is 0 Å². The summed E-state index contributed by atoms with van der Waals surface area (Å²) in [7, 11) is 5.74. The predicted molar refractivity (Wildman–Crippen MR) is 56.3 cm³/mol. The van der Waals surface area contributed by atoms with Gasteiger partial charge in [-0.1, -0.05) is 0 Å². The molecular formula is C9H18N4O. The number of nitrogens with one attached hydrogen (secondary N) is 1. The van der Waals surface area contributed by atoms with Crippen LogP contribution in [0.3, 0.4) is 0 Å². The van der Waals surface area contributed by atoms with Crippen LogP contribution in [-0.2, 0) is 7.05 Å². The third-order valence-corrected chi connectivity index (χ3v) is 1.82. The highest BCUT2D eigenvalue weighted by atomic mass is 16.3. The Morgan fingerprint density at radius 3 is 2.86 bits per heavy atom. The minimum absolute atomic E-state index is 0.356. The molecule has 0 radical (unpaired) electrons. The van der Waals surface area contributed by atoms with Crippen molar-refractivity contribution in [2.75, 3.05) is 32.5 Å². The fourth-order valence-corrected chi connectivity index (χ4v) is 1.23. The van der Waals surface area contributed by atoms with Crippen molar-refractivity contribution in [1.29, 1.82) is 0 Å². The summed E-state index contributed by atoms with van der Waals surface area (Å²) in [4.78, 5) is 1.95. The monoisotopic (exact) mass is 198 g/mol. The molecule has 5 heteroatoms. The van der Waals surface area contributed by atoms with Crippen molar-refractivity contribution >= 4 is 5.69 Å². The molecule has 2 N–H and O–H groups in total. The summed E-state index contributed by atoms with van der Waals surface area (Å²) in [5, 5.41) is 16.7. The quantitative estimate of drug-likeness (QED) is 0.685. The summed E-state index contributed by atoms with van der Waals surface area (Å²) in [6.45, 7) is 1.21. The molecule has 5 nitrogen and oxygen atoms in total. The standard InChI is InChI=1S/C9H18N4O/c1-12(2)7-9(14)5-10-8-4-11-13(3)6-8/h4,6,9-10,14H,5,7H2,1-3H3. The normalized spacial score (nSPS) is 13.2. The molecule has 0 aliphatic rings. The number of aryl methyl sites for hydroxylation is 1. The van der Waals surface area contributed by atoms with E-state index in [-0.39, 0.29) is 6.10 Å². The number of hydrogen-bond donors (Lipinski definition) is 2. The van der Waals surface area contributed by atoms with Gasteiger partial charge in [0.05, 0.1) is 18.0 Å². The molecule has 0 fully saturated rings. The Hall–Kier alpha value is -1.07. The molecule has 1 heterocycles. The predicted octanol–water partition coefficient (Wildman–Crippen LogP) is -0.246. The lowest BCUT2D eigenvalue weighted by Crippen LogP contribution is -2.31. The van der Waals surface area contributed by atoms with E-state index in [9.17, 15) is 5.11 Å². The highest BCUT2D eigenvalue weighted by molar-refractivity contribution is 5.37. The Morgan fingerprint density at radius 2 is 2.36 bits per heavy atom. The number of nitrogens with zero attached hydrogens (tertiary/aromatic N) is 3. The molecule has 14 heavy (non-hydrogen) atoms. The molecule has 0 bridgehead atoms. The lowest BCUT2D eigenvalue weighted by atomic mass is 10.3. The van der Waals surface area contributed by atoms with Gasteiger partial charge < -0.3 is 15.3 Å². The number of anilines is 1. The minimum atomic E-state index is -0.356. The molecule has 1 rings (SSSR count). The molecular weight excluding hydrogens is 180 g/mol. The fourth-order valence-electron chi connectivity index (χ4n) is 1.23. The molecule has 80 valence electrons. The van der Waals surface area contributed by atoms with Gasteiger partial charge in [-0.3, -0.25) is 4.68 Å². The summed E-state index contributed by atoms with van der Waals surface area (Å²) < 4.78 is 1.72. The number of aromatic nitrogens is 2. The topological polar surface area (TPSA) is 53.3 Å². The second-order valence-corrected chi connectivity index (χ2v) is 3.70. The number of hydrogen-bond acceptors (Lipinski definition) is 4. The summed E-state index contributed by atoms with van der Waals surface area (Å²) in [6, 6.07) is 0. The highest BCUT2D eigenvalue weighted by Crippen LogP contribution is 2.02. The molecule has 0 amide bonds. The smallest absolute Gasteiger partial charge is 0.0838 e. The summed E-state index contributed by atoms with van der Waals surface area (Å²) in [6.07, 6.45) is 3.26. The van der Waals surface area contributed by atoms with E-state index in [1.165, 1.54) is 0 Å².